The Morgan fingerprint density at radius 3 is 2.69 bits per heavy atom. The van der Waals surface area contributed by atoms with Gasteiger partial charge >= 0.3 is 0 Å². The van der Waals surface area contributed by atoms with E-state index in [1.807, 2.05) is 6.92 Å². The lowest BCUT2D eigenvalue weighted by molar-refractivity contribution is 0.110. The van der Waals surface area contributed by atoms with E-state index in [2.05, 4.69) is 17.1 Å². The summed E-state index contributed by atoms with van der Waals surface area (Å²) in [5, 5.41) is 3.36. The maximum Gasteiger partial charge on any atom is 0.194 e. The zero-order chi connectivity index (χ0) is 18.1. The summed E-state index contributed by atoms with van der Waals surface area (Å²) in [7, 11) is 1.66. The predicted molar refractivity (Wildman–Crippen MR) is 114 cm³/mol. The SMILES string of the molecule is CCNC(=NCC(OC)c1ccc(F)cc1)N1CCC(COCC)C1.I. The second-order valence-corrected chi connectivity index (χ2v) is 6.23. The first-order chi connectivity index (χ1) is 12.2. The molecular weight excluding hydrogens is 448 g/mol. The molecule has 2 rings (SSSR count). The van der Waals surface area contributed by atoms with Crippen molar-refractivity contribution in [1.29, 1.82) is 0 Å². The Morgan fingerprint density at radius 1 is 1.35 bits per heavy atom. The largest absolute Gasteiger partial charge is 0.381 e. The van der Waals surface area contributed by atoms with Gasteiger partial charge in [0.05, 0.1) is 13.2 Å². The van der Waals surface area contributed by atoms with Gasteiger partial charge in [0.1, 0.15) is 11.9 Å². The molecule has 5 nitrogen and oxygen atoms in total. The summed E-state index contributed by atoms with van der Waals surface area (Å²) in [4.78, 5) is 7.03. The van der Waals surface area contributed by atoms with Crippen LogP contribution in [0, 0.1) is 11.7 Å². The lowest BCUT2D eigenvalue weighted by Crippen LogP contribution is -2.40. The van der Waals surface area contributed by atoms with Crippen LogP contribution in [0.2, 0.25) is 0 Å². The number of methoxy groups -OCH3 is 1. The first-order valence-electron chi connectivity index (χ1n) is 9.07. The minimum absolute atomic E-state index is 0. The van der Waals surface area contributed by atoms with Gasteiger partial charge in [0.2, 0.25) is 0 Å². The summed E-state index contributed by atoms with van der Waals surface area (Å²) < 4.78 is 24.2. The summed E-state index contributed by atoms with van der Waals surface area (Å²) in [5.74, 6) is 1.22. The molecule has 0 aliphatic carbocycles. The van der Waals surface area contributed by atoms with Gasteiger partial charge in [0, 0.05) is 39.3 Å². The van der Waals surface area contributed by atoms with E-state index >= 15 is 0 Å². The topological polar surface area (TPSA) is 46.1 Å². The first-order valence-corrected chi connectivity index (χ1v) is 9.07. The van der Waals surface area contributed by atoms with E-state index in [-0.39, 0.29) is 35.9 Å². The fourth-order valence-electron chi connectivity index (χ4n) is 3.03. The van der Waals surface area contributed by atoms with Crippen molar-refractivity contribution in [3.63, 3.8) is 0 Å². The second kappa shape index (κ2) is 12.5. The number of nitrogens with one attached hydrogen (secondary N) is 1. The number of ether oxygens (including phenoxy) is 2. The van der Waals surface area contributed by atoms with Crippen molar-refractivity contribution in [3.05, 3.63) is 35.6 Å². The number of hydrogen-bond acceptors (Lipinski definition) is 3. The molecule has 1 saturated heterocycles. The Morgan fingerprint density at radius 2 is 2.08 bits per heavy atom. The molecule has 2 atom stereocenters. The van der Waals surface area contributed by atoms with Gasteiger partial charge in [-0.3, -0.25) is 4.99 Å². The number of benzene rings is 1. The van der Waals surface area contributed by atoms with Crippen LogP contribution in [-0.4, -0.2) is 57.4 Å². The maximum absolute atomic E-state index is 13.1. The van der Waals surface area contributed by atoms with E-state index in [4.69, 9.17) is 14.5 Å². The monoisotopic (exact) mass is 479 g/mol. The molecule has 0 aromatic heterocycles. The molecule has 26 heavy (non-hydrogen) atoms. The highest BCUT2D eigenvalue weighted by molar-refractivity contribution is 14.0. The van der Waals surface area contributed by atoms with Crippen LogP contribution >= 0.6 is 24.0 Å². The lowest BCUT2D eigenvalue weighted by Gasteiger charge is -2.23. The van der Waals surface area contributed by atoms with Crippen molar-refractivity contribution < 1.29 is 13.9 Å². The van der Waals surface area contributed by atoms with Crippen molar-refractivity contribution in [2.75, 3.05) is 46.5 Å². The number of rotatable bonds is 8. The third-order valence-corrected chi connectivity index (χ3v) is 4.41. The van der Waals surface area contributed by atoms with E-state index in [0.29, 0.717) is 12.5 Å². The van der Waals surface area contributed by atoms with Crippen molar-refractivity contribution in [1.82, 2.24) is 10.2 Å². The van der Waals surface area contributed by atoms with Gasteiger partial charge in [0.15, 0.2) is 5.96 Å². The normalized spacial score (nSPS) is 18.5. The average Bonchev–Trinajstić information content (AvgIpc) is 3.09. The van der Waals surface area contributed by atoms with Crippen LogP contribution in [0.25, 0.3) is 0 Å². The second-order valence-electron chi connectivity index (χ2n) is 6.23. The highest BCUT2D eigenvalue weighted by Gasteiger charge is 2.25. The summed E-state index contributed by atoms with van der Waals surface area (Å²) in [6, 6.07) is 6.41. The van der Waals surface area contributed by atoms with E-state index in [0.717, 1.165) is 50.8 Å². The highest BCUT2D eigenvalue weighted by atomic mass is 127. The first kappa shape index (κ1) is 23.1. The smallest absolute Gasteiger partial charge is 0.194 e. The van der Waals surface area contributed by atoms with Crippen LogP contribution < -0.4 is 5.32 Å². The highest BCUT2D eigenvalue weighted by Crippen LogP contribution is 2.19. The zero-order valence-electron chi connectivity index (χ0n) is 15.9. The van der Waals surface area contributed by atoms with E-state index in [1.165, 1.54) is 12.1 Å². The molecule has 1 aromatic carbocycles. The molecule has 0 bridgehead atoms. The zero-order valence-corrected chi connectivity index (χ0v) is 18.2. The molecule has 0 saturated carbocycles. The van der Waals surface area contributed by atoms with Crippen molar-refractivity contribution in [2.45, 2.75) is 26.4 Å². The summed E-state index contributed by atoms with van der Waals surface area (Å²) >= 11 is 0. The number of halogens is 2. The summed E-state index contributed by atoms with van der Waals surface area (Å²) in [5.41, 5.74) is 0.930. The summed E-state index contributed by atoms with van der Waals surface area (Å²) in [6.45, 7) is 8.92. The Kier molecular flexibility index (Phi) is 11.1. The molecule has 0 spiro atoms. The van der Waals surface area contributed by atoms with Gasteiger partial charge in [-0.05, 0) is 38.0 Å². The minimum Gasteiger partial charge on any atom is -0.381 e. The molecule has 2 unspecified atom stereocenters. The fraction of sp³-hybridized carbons (Fsp3) is 0.632. The molecule has 1 aliphatic rings. The van der Waals surface area contributed by atoms with Gasteiger partial charge in [-0.15, -0.1) is 24.0 Å². The summed E-state index contributed by atoms with van der Waals surface area (Å²) in [6.07, 6.45) is 0.937. The minimum atomic E-state index is -0.243. The number of aliphatic imine (C=N–C) groups is 1. The molecule has 1 aromatic rings. The molecule has 1 aliphatic heterocycles. The number of guanidine groups is 1. The molecule has 0 radical (unpaired) electrons. The quantitative estimate of drug-likeness (QED) is 0.353. The Bertz CT molecular complexity index is 542. The van der Waals surface area contributed by atoms with Gasteiger partial charge < -0.3 is 19.7 Å². The van der Waals surface area contributed by atoms with Gasteiger partial charge in [-0.1, -0.05) is 12.1 Å². The molecule has 148 valence electrons. The van der Waals surface area contributed by atoms with Crippen molar-refractivity contribution in [3.8, 4) is 0 Å². The standard InChI is InChI=1S/C19H30FN3O2.HI/c1-4-21-19(23-11-10-15(13-23)14-25-5-2)22-12-18(24-3)16-6-8-17(20)9-7-16;/h6-9,15,18H,4-5,10-14H2,1-3H3,(H,21,22);1H. The number of nitrogens with zero attached hydrogens (tertiary/aromatic N) is 2. The maximum atomic E-state index is 13.1. The Hall–Kier alpha value is -0.930. The Labute approximate surface area is 173 Å². The van der Waals surface area contributed by atoms with Crippen LogP contribution in [0.3, 0.4) is 0 Å². The fourth-order valence-corrected chi connectivity index (χ4v) is 3.03. The van der Waals surface area contributed by atoms with Gasteiger partial charge in [-0.2, -0.15) is 0 Å². The van der Waals surface area contributed by atoms with Gasteiger partial charge in [-0.25, -0.2) is 4.39 Å². The van der Waals surface area contributed by atoms with Crippen LogP contribution in [0.15, 0.2) is 29.3 Å². The van der Waals surface area contributed by atoms with Gasteiger partial charge in [0.25, 0.3) is 0 Å². The molecule has 1 fully saturated rings. The van der Waals surface area contributed by atoms with E-state index < -0.39 is 0 Å². The molecule has 0 amide bonds. The third kappa shape index (κ3) is 7.00. The van der Waals surface area contributed by atoms with Crippen molar-refractivity contribution >= 4 is 29.9 Å². The lowest BCUT2D eigenvalue weighted by atomic mass is 10.1. The number of likely N-dealkylation sites (tertiary alicyclic amines) is 1. The van der Waals surface area contributed by atoms with Crippen LogP contribution in [-0.2, 0) is 9.47 Å². The number of hydrogen-bond donors (Lipinski definition) is 1. The average molecular weight is 479 g/mol. The van der Waals surface area contributed by atoms with E-state index in [1.54, 1.807) is 19.2 Å². The Balaban J connectivity index is 0.00000338. The molecular formula is C19H31FIN3O2. The predicted octanol–water partition coefficient (Wildman–Crippen LogP) is 3.46. The van der Waals surface area contributed by atoms with Crippen LogP contribution in [0.1, 0.15) is 31.9 Å². The molecule has 1 heterocycles. The van der Waals surface area contributed by atoms with Crippen LogP contribution in [0.4, 0.5) is 4.39 Å². The van der Waals surface area contributed by atoms with Crippen molar-refractivity contribution in [2.24, 2.45) is 10.9 Å². The molecule has 1 N–H and O–H groups in total. The molecule has 7 heteroatoms. The van der Waals surface area contributed by atoms with E-state index in [9.17, 15) is 4.39 Å². The third-order valence-electron chi connectivity index (χ3n) is 4.41. The van der Waals surface area contributed by atoms with Crippen LogP contribution in [0.5, 0.6) is 0 Å².